The summed E-state index contributed by atoms with van der Waals surface area (Å²) in [7, 11) is -2.00. The number of aryl methyl sites for hydroxylation is 1. The highest BCUT2D eigenvalue weighted by atomic mass is 32.2. The molecule has 0 aliphatic carbocycles. The van der Waals surface area contributed by atoms with Crippen LogP contribution in [0.4, 0.5) is 0 Å². The first-order valence-corrected chi connectivity index (χ1v) is 9.97. The summed E-state index contributed by atoms with van der Waals surface area (Å²) in [4.78, 5) is 14.5. The number of aromatic nitrogens is 1. The smallest absolute Gasteiger partial charge is 0.265 e. The number of carbonyl (C=O) groups is 1. The SMILES string of the molecule is Cc1cc(CN(C)C(=O)c2sccc2S(=O)(=O)N2CCCC2)on1. The van der Waals surface area contributed by atoms with E-state index in [4.69, 9.17) is 4.52 Å². The third-order valence-electron chi connectivity index (χ3n) is 3.92. The number of rotatable bonds is 5. The summed E-state index contributed by atoms with van der Waals surface area (Å²) in [6.07, 6.45) is 1.72. The first-order chi connectivity index (χ1) is 11.4. The second-order valence-electron chi connectivity index (χ2n) is 5.82. The highest BCUT2D eigenvalue weighted by Crippen LogP contribution is 2.28. The molecule has 0 spiro atoms. The molecule has 1 amide bonds. The minimum atomic E-state index is -3.61. The Kier molecular flexibility index (Phi) is 4.75. The van der Waals surface area contributed by atoms with Crippen molar-refractivity contribution >= 4 is 27.3 Å². The maximum absolute atomic E-state index is 12.7. The van der Waals surface area contributed by atoms with E-state index in [9.17, 15) is 13.2 Å². The van der Waals surface area contributed by atoms with Crippen molar-refractivity contribution in [3.05, 3.63) is 33.8 Å². The van der Waals surface area contributed by atoms with Gasteiger partial charge in [-0.15, -0.1) is 11.3 Å². The zero-order chi connectivity index (χ0) is 17.3. The van der Waals surface area contributed by atoms with Crippen molar-refractivity contribution in [2.45, 2.75) is 31.2 Å². The summed E-state index contributed by atoms with van der Waals surface area (Å²) in [5.74, 6) is 0.223. The van der Waals surface area contributed by atoms with Crippen LogP contribution in [0.3, 0.4) is 0 Å². The van der Waals surface area contributed by atoms with Gasteiger partial charge in [0.1, 0.15) is 9.77 Å². The van der Waals surface area contributed by atoms with Crippen LogP contribution in [0.2, 0.25) is 0 Å². The Hall–Kier alpha value is -1.71. The Morgan fingerprint density at radius 2 is 2.12 bits per heavy atom. The molecule has 0 bridgehead atoms. The number of hydrogen-bond acceptors (Lipinski definition) is 6. The fraction of sp³-hybridized carbons (Fsp3) is 0.467. The van der Waals surface area contributed by atoms with Crippen LogP contribution in [-0.2, 0) is 16.6 Å². The van der Waals surface area contributed by atoms with Gasteiger partial charge in [-0.1, -0.05) is 5.16 Å². The molecule has 0 atom stereocenters. The van der Waals surface area contributed by atoms with Gasteiger partial charge in [0.05, 0.1) is 12.2 Å². The second kappa shape index (κ2) is 6.66. The van der Waals surface area contributed by atoms with Crippen LogP contribution in [0.1, 0.15) is 34.0 Å². The van der Waals surface area contributed by atoms with Crippen LogP contribution < -0.4 is 0 Å². The van der Waals surface area contributed by atoms with Gasteiger partial charge in [-0.2, -0.15) is 4.31 Å². The van der Waals surface area contributed by atoms with E-state index < -0.39 is 10.0 Å². The molecule has 1 aliphatic rings. The van der Waals surface area contributed by atoms with Crippen LogP contribution >= 0.6 is 11.3 Å². The Labute approximate surface area is 144 Å². The van der Waals surface area contributed by atoms with Gasteiger partial charge >= 0.3 is 0 Å². The highest BCUT2D eigenvalue weighted by Gasteiger charge is 2.32. The number of amides is 1. The lowest BCUT2D eigenvalue weighted by Gasteiger charge is -2.18. The average Bonchev–Trinajstić information content (AvgIpc) is 3.28. The van der Waals surface area contributed by atoms with Crippen LogP contribution in [0.5, 0.6) is 0 Å². The maximum Gasteiger partial charge on any atom is 0.265 e. The minimum Gasteiger partial charge on any atom is -0.359 e. The predicted molar refractivity (Wildman–Crippen MR) is 89.3 cm³/mol. The monoisotopic (exact) mass is 369 g/mol. The second-order valence-corrected chi connectivity index (χ2v) is 8.64. The summed E-state index contributed by atoms with van der Waals surface area (Å²) in [5.41, 5.74) is 0.735. The Morgan fingerprint density at radius 1 is 1.42 bits per heavy atom. The first kappa shape index (κ1) is 17.1. The van der Waals surface area contributed by atoms with Crippen molar-refractivity contribution in [3.63, 3.8) is 0 Å². The molecule has 0 unspecified atom stereocenters. The highest BCUT2D eigenvalue weighted by molar-refractivity contribution is 7.89. The van der Waals surface area contributed by atoms with Crippen molar-refractivity contribution in [2.75, 3.05) is 20.1 Å². The normalized spacial score (nSPS) is 15.8. The van der Waals surface area contributed by atoms with E-state index in [0.717, 1.165) is 29.9 Å². The summed E-state index contributed by atoms with van der Waals surface area (Å²) < 4.78 is 32.0. The molecule has 3 rings (SSSR count). The fourth-order valence-corrected chi connectivity index (χ4v) is 5.60. The number of nitrogens with zero attached hydrogens (tertiary/aromatic N) is 3. The third kappa shape index (κ3) is 3.24. The lowest BCUT2D eigenvalue weighted by Crippen LogP contribution is -2.31. The van der Waals surface area contributed by atoms with E-state index in [1.165, 1.54) is 15.3 Å². The lowest BCUT2D eigenvalue weighted by molar-refractivity contribution is 0.0773. The maximum atomic E-state index is 12.7. The minimum absolute atomic E-state index is 0.0972. The Bertz CT molecular complexity index is 835. The van der Waals surface area contributed by atoms with E-state index in [-0.39, 0.29) is 22.2 Å². The molecule has 1 saturated heterocycles. The van der Waals surface area contributed by atoms with Crippen LogP contribution in [0, 0.1) is 6.92 Å². The summed E-state index contributed by atoms with van der Waals surface area (Å²) in [6, 6.07) is 3.26. The fourth-order valence-electron chi connectivity index (χ4n) is 2.69. The number of sulfonamides is 1. The summed E-state index contributed by atoms with van der Waals surface area (Å²) in [5, 5.41) is 5.43. The lowest BCUT2D eigenvalue weighted by atomic mass is 10.3. The predicted octanol–water partition coefficient (Wildman–Crippen LogP) is 2.10. The van der Waals surface area contributed by atoms with Crippen LogP contribution in [0.25, 0.3) is 0 Å². The average molecular weight is 369 g/mol. The molecule has 1 fully saturated rings. The van der Waals surface area contributed by atoms with Gasteiger partial charge < -0.3 is 9.42 Å². The molecule has 0 radical (unpaired) electrons. The van der Waals surface area contributed by atoms with Gasteiger partial charge in [0.25, 0.3) is 5.91 Å². The largest absolute Gasteiger partial charge is 0.359 e. The number of thiophene rings is 1. The first-order valence-electron chi connectivity index (χ1n) is 7.65. The van der Waals surface area contributed by atoms with Crippen molar-refractivity contribution < 1.29 is 17.7 Å². The molecule has 0 saturated carbocycles. The standard InChI is InChI=1S/C15H19N3O4S2/c1-11-9-12(22-16-11)10-17(2)15(19)14-13(5-8-23-14)24(20,21)18-6-3-4-7-18/h5,8-9H,3-4,6-7,10H2,1-2H3. The van der Waals surface area contributed by atoms with Gasteiger partial charge in [-0.05, 0) is 31.2 Å². The molecule has 7 nitrogen and oxygen atoms in total. The van der Waals surface area contributed by atoms with Crippen molar-refractivity contribution in [1.82, 2.24) is 14.4 Å². The molecule has 0 N–H and O–H groups in total. The van der Waals surface area contributed by atoms with E-state index >= 15 is 0 Å². The van der Waals surface area contributed by atoms with E-state index in [1.807, 2.05) is 0 Å². The van der Waals surface area contributed by atoms with Crippen LogP contribution in [-0.4, -0.2) is 48.8 Å². The topological polar surface area (TPSA) is 83.7 Å². The third-order valence-corrected chi connectivity index (χ3v) is 6.90. The van der Waals surface area contributed by atoms with Gasteiger partial charge in [0.2, 0.25) is 10.0 Å². The van der Waals surface area contributed by atoms with E-state index in [1.54, 1.807) is 25.4 Å². The number of carbonyl (C=O) groups excluding carboxylic acids is 1. The molecule has 24 heavy (non-hydrogen) atoms. The quantitative estimate of drug-likeness (QED) is 0.806. The molecule has 0 aromatic carbocycles. The summed E-state index contributed by atoms with van der Waals surface area (Å²) in [6.45, 7) is 3.06. The summed E-state index contributed by atoms with van der Waals surface area (Å²) >= 11 is 1.14. The van der Waals surface area contributed by atoms with Crippen LogP contribution in [0.15, 0.2) is 26.9 Å². The zero-order valence-corrected chi connectivity index (χ0v) is 15.2. The molecule has 9 heteroatoms. The van der Waals surface area contributed by atoms with Crippen molar-refractivity contribution in [1.29, 1.82) is 0 Å². The van der Waals surface area contributed by atoms with E-state index in [0.29, 0.717) is 18.8 Å². The molecular formula is C15H19N3O4S2. The Balaban J connectivity index is 1.82. The molecule has 130 valence electrons. The Morgan fingerprint density at radius 3 is 2.75 bits per heavy atom. The van der Waals surface area contributed by atoms with Gasteiger partial charge in [0, 0.05) is 26.2 Å². The molecule has 3 heterocycles. The van der Waals surface area contributed by atoms with Gasteiger partial charge in [-0.25, -0.2) is 8.42 Å². The molecule has 1 aliphatic heterocycles. The van der Waals surface area contributed by atoms with Crippen molar-refractivity contribution in [3.8, 4) is 0 Å². The molecule has 2 aromatic rings. The van der Waals surface area contributed by atoms with Crippen molar-refractivity contribution in [2.24, 2.45) is 0 Å². The van der Waals surface area contributed by atoms with Gasteiger partial charge in [0.15, 0.2) is 5.76 Å². The number of hydrogen-bond donors (Lipinski definition) is 0. The molecular weight excluding hydrogens is 350 g/mol. The molecule has 2 aromatic heterocycles. The zero-order valence-electron chi connectivity index (χ0n) is 13.6. The van der Waals surface area contributed by atoms with E-state index in [2.05, 4.69) is 5.16 Å². The van der Waals surface area contributed by atoms with Gasteiger partial charge in [-0.3, -0.25) is 4.79 Å².